The van der Waals surface area contributed by atoms with Gasteiger partial charge in [-0.05, 0) is 6.42 Å². The average Bonchev–Trinajstić information content (AvgIpc) is 2.26. The molecule has 0 aromatic heterocycles. The largest absolute Gasteiger partial charge is 0.469 e. The van der Waals surface area contributed by atoms with E-state index in [1.54, 1.807) is 11.8 Å². The number of esters is 1. The molecule has 1 atom stereocenters. The van der Waals surface area contributed by atoms with Crippen LogP contribution in [0.5, 0.6) is 0 Å². The molecule has 0 aromatic rings. The predicted octanol–water partition coefficient (Wildman–Crippen LogP) is 1.44. The molecule has 0 spiro atoms. The van der Waals surface area contributed by atoms with Crippen LogP contribution in [0.4, 0.5) is 0 Å². The Kier molecular flexibility index (Phi) is 6.75. The zero-order valence-electron chi connectivity index (χ0n) is 10.1. The number of hydrogen-bond donors (Lipinski definition) is 0. The average molecular weight is 215 g/mol. The van der Waals surface area contributed by atoms with Gasteiger partial charge in [0.2, 0.25) is 5.91 Å². The maximum atomic E-state index is 11.5. The molecule has 0 saturated carbocycles. The Morgan fingerprint density at radius 3 is 2.33 bits per heavy atom. The van der Waals surface area contributed by atoms with Gasteiger partial charge in [-0.1, -0.05) is 20.8 Å². The summed E-state index contributed by atoms with van der Waals surface area (Å²) in [6.07, 6.45) is 1.38. The van der Waals surface area contributed by atoms with Crippen molar-refractivity contribution in [2.45, 2.75) is 33.6 Å². The van der Waals surface area contributed by atoms with Crippen molar-refractivity contribution >= 4 is 11.9 Å². The molecule has 0 aliphatic carbocycles. The van der Waals surface area contributed by atoms with Gasteiger partial charge in [0.1, 0.15) is 0 Å². The van der Waals surface area contributed by atoms with Crippen LogP contribution in [0.15, 0.2) is 0 Å². The lowest BCUT2D eigenvalue weighted by Crippen LogP contribution is -2.37. The van der Waals surface area contributed by atoms with E-state index in [1.807, 2.05) is 13.8 Å². The fourth-order valence-corrected chi connectivity index (χ4v) is 1.42. The summed E-state index contributed by atoms with van der Waals surface area (Å²) in [4.78, 5) is 24.4. The molecular weight excluding hydrogens is 194 g/mol. The minimum absolute atomic E-state index is 0.0904. The molecule has 0 fully saturated rings. The van der Waals surface area contributed by atoms with E-state index < -0.39 is 0 Å². The summed E-state index contributed by atoms with van der Waals surface area (Å²) < 4.78 is 4.63. The molecule has 4 heteroatoms. The van der Waals surface area contributed by atoms with Crippen LogP contribution in [-0.4, -0.2) is 37.0 Å². The maximum Gasteiger partial charge on any atom is 0.310 e. The second kappa shape index (κ2) is 7.26. The van der Waals surface area contributed by atoms with E-state index in [2.05, 4.69) is 4.74 Å². The van der Waals surface area contributed by atoms with Crippen molar-refractivity contribution in [1.29, 1.82) is 0 Å². The Bertz CT molecular complexity index is 216. The van der Waals surface area contributed by atoms with Gasteiger partial charge in [-0.3, -0.25) is 9.59 Å². The Morgan fingerprint density at radius 1 is 1.33 bits per heavy atom. The fourth-order valence-electron chi connectivity index (χ4n) is 1.42. The lowest BCUT2D eigenvalue weighted by molar-refractivity contribution is -0.146. The number of carbonyl (C=O) groups excluding carboxylic acids is 2. The summed E-state index contributed by atoms with van der Waals surface area (Å²) in [7, 11) is 1.37. The van der Waals surface area contributed by atoms with Crippen molar-refractivity contribution in [3.05, 3.63) is 0 Å². The number of methoxy groups -OCH3 is 1. The Labute approximate surface area is 91.6 Å². The number of carbonyl (C=O) groups is 2. The van der Waals surface area contributed by atoms with Crippen LogP contribution >= 0.6 is 0 Å². The number of rotatable bonds is 6. The van der Waals surface area contributed by atoms with Crippen molar-refractivity contribution < 1.29 is 14.3 Å². The second-order valence-electron chi connectivity index (χ2n) is 3.62. The van der Waals surface area contributed by atoms with Gasteiger partial charge in [-0.25, -0.2) is 0 Å². The van der Waals surface area contributed by atoms with Gasteiger partial charge in [0, 0.05) is 19.5 Å². The lowest BCUT2D eigenvalue weighted by atomic mass is 10.1. The molecule has 0 radical (unpaired) electrons. The van der Waals surface area contributed by atoms with Crippen molar-refractivity contribution in [3.8, 4) is 0 Å². The third kappa shape index (κ3) is 4.81. The first-order valence-corrected chi connectivity index (χ1v) is 5.42. The zero-order chi connectivity index (χ0) is 11.8. The first kappa shape index (κ1) is 13.9. The minimum Gasteiger partial charge on any atom is -0.469 e. The Balaban J connectivity index is 4.27. The molecule has 0 N–H and O–H groups in total. The highest BCUT2D eigenvalue weighted by Crippen LogP contribution is 2.05. The molecule has 1 amide bonds. The fraction of sp³-hybridized carbons (Fsp3) is 0.818. The number of nitrogens with zero attached hydrogens (tertiary/aromatic N) is 1. The molecule has 1 unspecified atom stereocenters. The SMILES string of the molecule is CCCN(CC(C)C(=O)OC)C(=O)CC. The minimum atomic E-state index is -0.264. The van der Waals surface area contributed by atoms with E-state index in [1.165, 1.54) is 7.11 Å². The molecule has 0 aliphatic rings. The van der Waals surface area contributed by atoms with Crippen LogP contribution in [0.3, 0.4) is 0 Å². The molecule has 0 heterocycles. The van der Waals surface area contributed by atoms with Gasteiger partial charge >= 0.3 is 5.97 Å². The van der Waals surface area contributed by atoms with E-state index >= 15 is 0 Å². The van der Waals surface area contributed by atoms with E-state index in [-0.39, 0.29) is 17.8 Å². The van der Waals surface area contributed by atoms with Crippen LogP contribution in [0, 0.1) is 5.92 Å². The number of hydrogen-bond acceptors (Lipinski definition) is 3. The van der Waals surface area contributed by atoms with E-state index in [9.17, 15) is 9.59 Å². The summed E-state index contributed by atoms with van der Waals surface area (Å²) in [6, 6.07) is 0. The molecule has 0 rings (SSSR count). The third-order valence-electron chi connectivity index (χ3n) is 2.25. The van der Waals surface area contributed by atoms with Gasteiger partial charge < -0.3 is 9.64 Å². The molecule has 0 aromatic carbocycles. The summed E-state index contributed by atoms with van der Waals surface area (Å²) in [5, 5.41) is 0. The first-order valence-electron chi connectivity index (χ1n) is 5.42. The normalized spacial score (nSPS) is 12.0. The van der Waals surface area contributed by atoms with Gasteiger partial charge in [0.15, 0.2) is 0 Å². The van der Waals surface area contributed by atoms with Gasteiger partial charge in [0.05, 0.1) is 13.0 Å². The van der Waals surface area contributed by atoms with Crippen molar-refractivity contribution in [1.82, 2.24) is 4.90 Å². The molecule has 0 saturated heterocycles. The van der Waals surface area contributed by atoms with Crippen LogP contribution in [0.25, 0.3) is 0 Å². The summed E-state index contributed by atoms with van der Waals surface area (Å²) in [6.45, 7) is 6.77. The number of amides is 1. The van der Waals surface area contributed by atoms with Crippen molar-refractivity contribution in [2.24, 2.45) is 5.92 Å². The van der Waals surface area contributed by atoms with Gasteiger partial charge in [-0.2, -0.15) is 0 Å². The highest BCUT2D eigenvalue weighted by atomic mass is 16.5. The molecular formula is C11H21NO3. The molecule has 0 bridgehead atoms. The van der Waals surface area contributed by atoms with Crippen LogP contribution < -0.4 is 0 Å². The van der Waals surface area contributed by atoms with Crippen LogP contribution in [0.1, 0.15) is 33.6 Å². The number of ether oxygens (including phenoxy) is 1. The molecule has 88 valence electrons. The van der Waals surface area contributed by atoms with Crippen LogP contribution in [-0.2, 0) is 14.3 Å². The summed E-state index contributed by atoms with van der Waals surface area (Å²) in [5.41, 5.74) is 0. The second-order valence-corrected chi connectivity index (χ2v) is 3.62. The van der Waals surface area contributed by atoms with Crippen molar-refractivity contribution in [3.63, 3.8) is 0 Å². The maximum absolute atomic E-state index is 11.5. The Morgan fingerprint density at radius 2 is 1.93 bits per heavy atom. The zero-order valence-corrected chi connectivity index (χ0v) is 10.1. The smallest absolute Gasteiger partial charge is 0.310 e. The first-order chi connectivity index (χ1) is 7.06. The predicted molar refractivity (Wildman–Crippen MR) is 58.3 cm³/mol. The van der Waals surface area contributed by atoms with Crippen LogP contribution in [0.2, 0.25) is 0 Å². The van der Waals surface area contributed by atoms with E-state index in [0.717, 1.165) is 6.42 Å². The standard InChI is InChI=1S/C11H21NO3/c1-5-7-12(10(13)6-2)8-9(3)11(14)15-4/h9H,5-8H2,1-4H3. The van der Waals surface area contributed by atoms with Gasteiger partial charge in [-0.15, -0.1) is 0 Å². The quantitative estimate of drug-likeness (QED) is 0.630. The lowest BCUT2D eigenvalue weighted by Gasteiger charge is -2.24. The molecule has 0 aliphatic heterocycles. The van der Waals surface area contributed by atoms with E-state index in [4.69, 9.17) is 0 Å². The highest BCUT2D eigenvalue weighted by molar-refractivity contribution is 5.77. The summed E-state index contributed by atoms with van der Waals surface area (Å²) in [5.74, 6) is -0.426. The Hall–Kier alpha value is -1.06. The molecule has 4 nitrogen and oxygen atoms in total. The third-order valence-corrected chi connectivity index (χ3v) is 2.25. The monoisotopic (exact) mass is 215 g/mol. The van der Waals surface area contributed by atoms with Gasteiger partial charge in [0.25, 0.3) is 0 Å². The van der Waals surface area contributed by atoms with Crippen molar-refractivity contribution in [2.75, 3.05) is 20.2 Å². The highest BCUT2D eigenvalue weighted by Gasteiger charge is 2.19. The summed E-state index contributed by atoms with van der Waals surface area (Å²) >= 11 is 0. The topological polar surface area (TPSA) is 46.6 Å². The molecule has 15 heavy (non-hydrogen) atoms. The van der Waals surface area contributed by atoms with E-state index in [0.29, 0.717) is 19.5 Å².